The van der Waals surface area contributed by atoms with E-state index in [9.17, 15) is 14.7 Å². The van der Waals surface area contributed by atoms with Crippen molar-refractivity contribution in [3.63, 3.8) is 0 Å². The molecule has 5 heteroatoms. The summed E-state index contributed by atoms with van der Waals surface area (Å²) in [5.74, 6) is -2.68. The molecule has 0 aromatic rings. The Morgan fingerprint density at radius 2 is 1.67 bits per heavy atom. The minimum Gasteiger partial charge on any atom is -0.540 e. The third-order valence-electron chi connectivity index (χ3n) is 0.581. The van der Waals surface area contributed by atoms with Gasteiger partial charge in [0.25, 0.3) is 5.91 Å². The summed E-state index contributed by atoms with van der Waals surface area (Å²) in [4.78, 5) is 20.7. The average Bonchev–Trinajstić information content (AvgIpc) is 1.64. The molecule has 46 valence electrons. The van der Waals surface area contributed by atoms with Gasteiger partial charge in [-0.15, -0.1) is 0 Å². The molecule has 0 fully saturated rings. The van der Waals surface area contributed by atoms with Gasteiger partial charge in [-0.05, 0) is 0 Å². The monoisotopic (exact) mass is 123 g/mol. The summed E-state index contributed by atoms with van der Waals surface area (Å²) in [6.45, 7) is 0. The van der Waals surface area contributed by atoms with Gasteiger partial charge in [0.05, 0.1) is 0 Å². The van der Waals surface area contributed by atoms with Crippen LogP contribution >= 0.6 is 0 Å². The minimum atomic E-state index is -1.67. The zero-order valence-electron chi connectivity index (χ0n) is 5.67. The minimum absolute atomic E-state index is 0. The second-order valence-electron chi connectivity index (χ2n) is 1.49. The molecular weight excluding hydrogens is 117 g/mol. The Hall–Kier alpha value is -0.463. The smallest absolute Gasteiger partial charge is 0.540 e. The Bertz CT molecular complexity index is 123. The van der Waals surface area contributed by atoms with Gasteiger partial charge in [0.2, 0.25) is 0 Å². The van der Waals surface area contributed by atoms with Crippen LogP contribution in [0, 0.1) is 0 Å². The summed E-state index contributed by atoms with van der Waals surface area (Å²) in [5.41, 5.74) is 0. The van der Waals surface area contributed by atoms with Crippen molar-refractivity contribution in [2.75, 3.05) is 14.1 Å². The zero-order valence-corrected chi connectivity index (χ0v) is 5.67. The quantitative estimate of drug-likeness (QED) is 0.239. The molecule has 0 aliphatic rings. The largest absolute Gasteiger partial charge is 1.00 e. The first-order valence-corrected chi connectivity index (χ1v) is 1.98. The fraction of sp³-hybridized carbons (Fsp3) is 0.500. The molecule has 0 rings (SSSR count). The summed E-state index contributed by atoms with van der Waals surface area (Å²) in [6.07, 6.45) is 0. The number of hydrogen-bond acceptors (Lipinski definition) is 3. The number of aliphatic carboxylic acids is 1. The van der Waals surface area contributed by atoms with Crippen molar-refractivity contribution in [3.05, 3.63) is 0 Å². The molecule has 0 unspecified atom stereocenters. The fourth-order valence-electron chi connectivity index (χ4n) is 0.183. The number of rotatable bonds is 0. The Morgan fingerprint density at radius 1 is 1.33 bits per heavy atom. The molecular formula is C4H6LiNO3. The van der Waals surface area contributed by atoms with Crippen molar-refractivity contribution in [1.29, 1.82) is 0 Å². The zero-order chi connectivity index (χ0) is 6.73. The van der Waals surface area contributed by atoms with E-state index in [0.717, 1.165) is 4.90 Å². The van der Waals surface area contributed by atoms with Crippen LogP contribution in [0.2, 0.25) is 0 Å². The maximum atomic E-state index is 10.1. The maximum Gasteiger partial charge on any atom is 1.00 e. The van der Waals surface area contributed by atoms with Crippen molar-refractivity contribution in [2.24, 2.45) is 0 Å². The van der Waals surface area contributed by atoms with E-state index in [0.29, 0.717) is 0 Å². The summed E-state index contributed by atoms with van der Waals surface area (Å²) < 4.78 is 0. The fourth-order valence-corrected chi connectivity index (χ4v) is 0.183. The Labute approximate surface area is 65.0 Å². The standard InChI is InChI=1S/C4H7NO3.Li/c1-5(2)3(6)4(7)8;/h1-2H3,(H,7,8);/q;+1/p-1. The van der Waals surface area contributed by atoms with Crippen LogP contribution in [0.4, 0.5) is 0 Å². The summed E-state index contributed by atoms with van der Waals surface area (Å²) in [7, 11) is 2.69. The Kier molecular flexibility index (Phi) is 5.57. The third-order valence-corrected chi connectivity index (χ3v) is 0.581. The molecule has 0 aliphatic heterocycles. The summed E-state index contributed by atoms with van der Waals surface area (Å²) in [6, 6.07) is 0. The first-order valence-electron chi connectivity index (χ1n) is 1.98. The van der Waals surface area contributed by atoms with Crippen LogP contribution in [0.15, 0.2) is 0 Å². The predicted octanol–water partition coefficient (Wildman–Crippen LogP) is -5.17. The van der Waals surface area contributed by atoms with Gasteiger partial charge < -0.3 is 14.8 Å². The molecule has 0 saturated heterocycles. The number of amides is 1. The molecule has 0 radical (unpaired) electrons. The molecule has 0 bridgehead atoms. The number of hydrogen-bond donors (Lipinski definition) is 0. The molecule has 0 heterocycles. The van der Waals surface area contributed by atoms with Gasteiger partial charge >= 0.3 is 18.9 Å². The molecule has 4 nitrogen and oxygen atoms in total. The van der Waals surface area contributed by atoms with Gasteiger partial charge in [-0.1, -0.05) is 0 Å². The first-order chi connectivity index (χ1) is 3.55. The van der Waals surface area contributed by atoms with Gasteiger partial charge in [-0.25, -0.2) is 0 Å². The van der Waals surface area contributed by atoms with Gasteiger partial charge in [-0.2, -0.15) is 0 Å². The van der Waals surface area contributed by atoms with Gasteiger partial charge in [0.15, 0.2) is 0 Å². The van der Waals surface area contributed by atoms with Crippen molar-refractivity contribution in [3.8, 4) is 0 Å². The number of carbonyl (C=O) groups is 2. The van der Waals surface area contributed by atoms with E-state index < -0.39 is 11.9 Å². The van der Waals surface area contributed by atoms with E-state index in [2.05, 4.69) is 0 Å². The molecule has 0 N–H and O–H groups in total. The van der Waals surface area contributed by atoms with Crippen LogP contribution < -0.4 is 24.0 Å². The molecule has 9 heavy (non-hydrogen) atoms. The van der Waals surface area contributed by atoms with E-state index in [1.54, 1.807) is 0 Å². The SMILES string of the molecule is CN(C)C(=O)C(=O)[O-].[Li+]. The number of carbonyl (C=O) groups excluding carboxylic acids is 2. The van der Waals surface area contributed by atoms with Gasteiger partial charge in [0.1, 0.15) is 5.97 Å². The predicted molar refractivity (Wildman–Crippen MR) is 23.7 cm³/mol. The molecule has 0 saturated carbocycles. The summed E-state index contributed by atoms with van der Waals surface area (Å²) >= 11 is 0. The molecule has 0 aromatic heterocycles. The van der Waals surface area contributed by atoms with E-state index in [-0.39, 0.29) is 18.9 Å². The molecule has 0 aliphatic carbocycles. The van der Waals surface area contributed by atoms with Crippen molar-refractivity contribution >= 4 is 11.9 Å². The van der Waals surface area contributed by atoms with E-state index in [1.807, 2.05) is 0 Å². The Morgan fingerprint density at radius 3 is 1.67 bits per heavy atom. The van der Waals surface area contributed by atoms with Crippen molar-refractivity contribution in [1.82, 2.24) is 4.90 Å². The third kappa shape index (κ3) is 4.07. The molecule has 0 spiro atoms. The normalized spacial score (nSPS) is 7.33. The molecule has 1 amide bonds. The number of likely N-dealkylation sites (N-methyl/N-ethyl adjacent to an activating group) is 1. The molecule has 0 atom stereocenters. The number of carboxylic acid groups (broad SMARTS) is 1. The van der Waals surface area contributed by atoms with Crippen LogP contribution in [-0.4, -0.2) is 30.9 Å². The van der Waals surface area contributed by atoms with E-state index in [1.165, 1.54) is 14.1 Å². The van der Waals surface area contributed by atoms with E-state index >= 15 is 0 Å². The maximum absolute atomic E-state index is 10.1. The topological polar surface area (TPSA) is 60.4 Å². The number of nitrogens with zero attached hydrogens (tertiary/aromatic N) is 1. The average molecular weight is 123 g/mol. The van der Waals surface area contributed by atoms with Crippen LogP contribution in [0.25, 0.3) is 0 Å². The van der Waals surface area contributed by atoms with Gasteiger partial charge in [0, 0.05) is 14.1 Å². The van der Waals surface area contributed by atoms with Crippen LogP contribution in [0.5, 0.6) is 0 Å². The molecule has 0 aromatic carbocycles. The first kappa shape index (κ1) is 11.3. The van der Waals surface area contributed by atoms with E-state index in [4.69, 9.17) is 0 Å². The van der Waals surface area contributed by atoms with Crippen LogP contribution in [0.1, 0.15) is 0 Å². The van der Waals surface area contributed by atoms with Crippen molar-refractivity contribution in [2.45, 2.75) is 0 Å². The van der Waals surface area contributed by atoms with Crippen molar-refractivity contribution < 1.29 is 33.6 Å². The summed E-state index contributed by atoms with van der Waals surface area (Å²) in [5, 5.41) is 9.64. The Balaban J connectivity index is 0. The van der Waals surface area contributed by atoms with Crippen LogP contribution in [0.3, 0.4) is 0 Å². The second-order valence-corrected chi connectivity index (χ2v) is 1.49. The van der Waals surface area contributed by atoms with Gasteiger partial charge in [-0.3, -0.25) is 4.79 Å². The number of carboxylic acids is 1. The second kappa shape index (κ2) is 4.42. The van der Waals surface area contributed by atoms with Crippen LogP contribution in [-0.2, 0) is 9.59 Å².